The van der Waals surface area contributed by atoms with Gasteiger partial charge in [0.2, 0.25) is 0 Å². The summed E-state index contributed by atoms with van der Waals surface area (Å²) in [7, 11) is 1.66. The molecule has 0 N–H and O–H groups in total. The van der Waals surface area contributed by atoms with Gasteiger partial charge in [-0.1, -0.05) is 67.9 Å². The van der Waals surface area contributed by atoms with E-state index in [9.17, 15) is 0 Å². The summed E-state index contributed by atoms with van der Waals surface area (Å²) >= 11 is 0. The molecule has 0 aliphatic rings. The monoisotopic (exact) mass is 823 g/mol. The number of para-hydroxylation sites is 1. The van der Waals surface area contributed by atoms with Gasteiger partial charge in [-0.05, 0) is 41.6 Å². The second-order valence-electron chi connectivity index (χ2n) is 11.9. The summed E-state index contributed by atoms with van der Waals surface area (Å²) in [6, 6.07) is 37.6. The van der Waals surface area contributed by atoms with Crippen molar-refractivity contribution in [2.45, 2.75) is 26.7 Å². The molecule has 0 unspecified atom stereocenters. The van der Waals surface area contributed by atoms with E-state index in [0.29, 0.717) is 11.5 Å². The number of hydrogen-bond acceptors (Lipinski definition) is 5. The van der Waals surface area contributed by atoms with E-state index < -0.39 is 0 Å². The zero-order chi connectivity index (χ0) is 32.8. The van der Waals surface area contributed by atoms with Crippen LogP contribution in [0.3, 0.4) is 0 Å². The molecule has 49 heavy (non-hydrogen) atoms. The molecule has 0 radical (unpaired) electrons. The van der Waals surface area contributed by atoms with Crippen molar-refractivity contribution in [2.24, 2.45) is 0 Å². The van der Waals surface area contributed by atoms with Gasteiger partial charge in [0.25, 0.3) is 0 Å². The van der Waals surface area contributed by atoms with Crippen molar-refractivity contribution in [3.8, 4) is 45.7 Å². The molecule has 0 atom stereocenters. The molecule has 0 amide bonds. The molecule has 0 aliphatic heterocycles. The third kappa shape index (κ3) is 5.83. The van der Waals surface area contributed by atoms with Gasteiger partial charge in [-0.15, -0.1) is 41.3 Å². The quantitative estimate of drug-likeness (QED) is 0.143. The number of rotatable bonds is 8. The molecule has 8 nitrogen and oxygen atoms in total. The van der Waals surface area contributed by atoms with E-state index in [0.717, 1.165) is 67.3 Å². The van der Waals surface area contributed by atoms with Gasteiger partial charge in [0.05, 0.1) is 12.8 Å². The first-order chi connectivity index (χ1) is 23.5. The van der Waals surface area contributed by atoms with E-state index in [1.54, 1.807) is 25.8 Å². The molecule has 244 valence electrons. The molecule has 8 aromatic rings. The van der Waals surface area contributed by atoms with Crippen molar-refractivity contribution in [3.05, 3.63) is 139 Å². The fourth-order valence-electron chi connectivity index (χ4n) is 6.24. The Morgan fingerprint density at radius 3 is 2.41 bits per heavy atom. The van der Waals surface area contributed by atoms with Gasteiger partial charge < -0.3 is 14.0 Å². The molecule has 4 aromatic carbocycles. The Morgan fingerprint density at radius 1 is 0.816 bits per heavy atom. The molecule has 0 fully saturated rings. The predicted molar refractivity (Wildman–Crippen MR) is 188 cm³/mol. The van der Waals surface area contributed by atoms with Gasteiger partial charge in [0, 0.05) is 47.2 Å². The molecule has 8 rings (SSSR count). The van der Waals surface area contributed by atoms with Gasteiger partial charge in [-0.2, -0.15) is 11.2 Å². The SMILES string of the molecule is COc1ccnc(-n2c3[c-]c(Oc4[c-]c(-n5nc(C)c(-c6ccccc6)c5-n5ccnc5)cc(C(C)C)c4)ccc3c3ccccc32)c1.[Pt+2]. The molecule has 0 bridgehead atoms. The van der Waals surface area contributed by atoms with Crippen LogP contribution in [-0.4, -0.2) is 36.0 Å². The van der Waals surface area contributed by atoms with Crippen molar-refractivity contribution < 1.29 is 30.5 Å². The van der Waals surface area contributed by atoms with Crippen LogP contribution in [0.2, 0.25) is 0 Å². The fourth-order valence-corrected chi connectivity index (χ4v) is 6.24. The summed E-state index contributed by atoms with van der Waals surface area (Å²) in [5.41, 5.74) is 6.73. The van der Waals surface area contributed by atoms with Gasteiger partial charge in [-0.3, -0.25) is 4.57 Å². The molecular formula is C40H32N6O2Pt. The largest absolute Gasteiger partial charge is 2.00 e. The topological polar surface area (TPSA) is 71.9 Å². The molecule has 4 heterocycles. The van der Waals surface area contributed by atoms with Crippen LogP contribution in [-0.2, 0) is 21.1 Å². The van der Waals surface area contributed by atoms with E-state index in [1.165, 1.54) is 0 Å². The minimum atomic E-state index is 0. The minimum absolute atomic E-state index is 0. The number of aromatic nitrogens is 6. The Hall–Kier alpha value is -5.46. The smallest absolute Gasteiger partial charge is 0.509 e. The van der Waals surface area contributed by atoms with Crippen molar-refractivity contribution >= 4 is 21.8 Å². The Kier molecular flexibility index (Phi) is 8.66. The number of hydrogen-bond donors (Lipinski definition) is 0. The number of pyridine rings is 1. The zero-order valence-corrected chi connectivity index (χ0v) is 29.6. The number of imidazole rings is 1. The fraction of sp³-hybridized carbons (Fsp3) is 0.125. The molecule has 0 spiro atoms. The summed E-state index contributed by atoms with van der Waals surface area (Å²) in [4.78, 5) is 9.03. The number of methoxy groups -OCH3 is 1. The molecule has 0 saturated carbocycles. The van der Waals surface area contributed by atoms with E-state index in [-0.39, 0.29) is 27.0 Å². The normalized spacial score (nSPS) is 11.3. The maximum atomic E-state index is 6.59. The molecular weight excluding hydrogens is 792 g/mol. The van der Waals surface area contributed by atoms with Crippen molar-refractivity contribution in [2.75, 3.05) is 7.11 Å². The van der Waals surface area contributed by atoms with Gasteiger partial charge >= 0.3 is 21.1 Å². The van der Waals surface area contributed by atoms with E-state index in [4.69, 9.17) is 14.6 Å². The standard InChI is InChI=1S/C40H32N6O2.Pt/c1-26(2)29-20-30(46-40(44-19-18-41-25-44)39(27(3)43-46)28-10-6-5-7-11-28)22-33(21-29)48-32-14-15-35-34-12-8-9-13-36(34)45(37(35)23-32)38-24-31(47-4)16-17-42-38;/h5-21,24-26H,1-4H3;/q-2;+2. The van der Waals surface area contributed by atoms with Crippen LogP contribution in [0, 0.1) is 19.1 Å². The predicted octanol–water partition coefficient (Wildman–Crippen LogP) is 9.05. The van der Waals surface area contributed by atoms with Crippen molar-refractivity contribution in [1.29, 1.82) is 0 Å². The van der Waals surface area contributed by atoms with Crippen LogP contribution in [0.1, 0.15) is 31.0 Å². The van der Waals surface area contributed by atoms with Gasteiger partial charge in [-0.25, -0.2) is 14.6 Å². The van der Waals surface area contributed by atoms with Crippen LogP contribution in [0.4, 0.5) is 0 Å². The van der Waals surface area contributed by atoms with Crippen LogP contribution in [0.25, 0.3) is 50.3 Å². The maximum Gasteiger partial charge on any atom is 2.00 e. The van der Waals surface area contributed by atoms with Gasteiger partial charge in [0.15, 0.2) is 0 Å². The van der Waals surface area contributed by atoms with E-state index >= 15 is 0 Å². The van der Waals surface area contributed by atoms with Crippen LogP contribution in [0.5, 0.6) is 17.2 Å². The number of ether oxygens (including phenoxy) is 2. The van der Waals surface area contributed by atoms with Crippen LogP contribution >= 0.6 is 0 Å². The second-order valence-corrected chi connectivity index (χ2v) is 11.9. The molecule has 4 aromatic heterocycles. The Morgan fingerprint density at radius 2 is 1.63 bits per heavy atom. The Bertz CT molecular complexity index is 2410. The summed E-state index contributed by atoms with van der Waals surface area (Å²) in [5, 5.41) is 7.19. The van der Waals surface area contributed by atoms with E-state index in [1.807, 2.05) is 77.0 Å². The first kappa shape index (κ1) is 32.1. The average Bonchev–Trinajstić information content (AvgIpc) is 3.84. The van der Waals surface area contributed by atoms with Crippen LogP contribution < -0.4 is 9.47 Å². The number of benzene rings is 4. The number of nitrogens with zero attached hydrogens (tertiary/aromatic N) is 6. The maximum absolute atomic E-state index is 6.59. The molecule has 0 saturated heterocycles. The van der Waals surface area contributed by atoms with Gasteiger partial charge in [0.1, 0.15) is 23.7 Å². The summed E-state index contributed by atoms with van der Waals surface area (Å²) in [6.07, 6.45) is 7.25. The average molecular weight is 824 g/mol. The Balaban J connectivity index is 0.00000378. The molecule has 9 heteroatoms. The first-order valence-electron chi connectivity index (χ1n) is 15.8. The van der Waals surface area contributed by atoms with Crippen molar-refractivity contribution in [3.63, 3.8) is 0 Å². The van der Waals surface area contributed by atoms with E-state index in [2.05, 4.69) is 76.9 Å². The number of fused-ring (bicyclic) bond motifs is 3. The zero-order valence-electron chi connectivity index (χ0n) is 27.4. The Labute approximate surface area is 298 Å². The third-order valence-corrected chi connectivity index (χ3v) is 8.55. The summed E-state index contributed by atoms with van der Waals surface area (Å²) < 4.78 is 18.1. The first-order valence-corrected chi connectivity index (χ1v) is 15.8. The summed E-state index contributed by atoms with van der Waals surface area (Å²) in [5.74, 6) is 3.71. The van der Waals surface area contributed by atoms with Crippen LogP contribution in [0.15, 0.2) is 116 Å². The number of aryl methyl sites for hydroxylation is 1. The molecule has 0 aliphatic carbocycles. The van der Waals surface area contributed by atoms with Crippen molar-refractivity contribution in [1.82, 2.24) is 28.9 Å². The third-order valence-electron chi connectivity index (χ3n) is 8.55. The minimum Gasteiger partial charge on any atom is -0.509 e. The second kappa shape index (κ2) is 13.2. The summed E-state index contributed by atoms with van der Waals surface area (Å²) in [6.45, 7) is 6.37.